The number of aryl methyl sites for hydroxylation is 1. The molecule has 3 heterocycles. The van der Waals surface area contributed by atoms with Gasteiger partial charge in [-0.05, 0) is 61.8 Å². The number of rotatable bonds is 7. The van der Waals surface area contributed by atoms with Crippen LogP contribution < -0.4 is 20.7 Å². The first kappa shape index (κ1) is 29.9. The van der Waals surface area contributed by atoms with Crippen LogP contribution in [0.25, 0.3) is 11.1 Å². The van der Waals surface area contributed by atoms with E-state index in [0.29, 0.717) is 54.6 Å². The van der Waals surface area contributed by atoms with E-state index >= 15 is 0 Å². The standard InChI is InChI=1S/C30H33ClF3N5O3/c1-3-41-27(40)23-16-29(17-36-23)9-11-39(12-10-29)24-15-25(38-28(35)37-24)42-26(30(32,33)34)21-8-7-20(31)14-22(21)19-6-4-5-18(2)13-19/h4-8,13-15,23,26,36H,3,9-12,16-17H2,1-2H3,(H2,35,37,38)/t23-,26+/m0/s1. The van der Waals surface area contributed by atoms with Crippen LogP contribution in [0.4, 0.5) is 24.9 Å². The molecule has 1 spiro atoms. The minimum absolute atomic E-state index is 0.0615. The van der Waals surface area contributed by atoms with Crippen molar-refractivity contribution in [1.29, 1.82) is 0 Å². The number of nitrogens with two attached hydrogens (primary N) is 1. The molecule has 5 rings (SSSR count). The molecule has 42 heavy (non-hydrogen) atoms. The predicted molar refractivity (Wildman–Crippen MR) is 154 cm³/mol. The van der Waals surface area contributed by atoms with E-state index in [0.717, 1.165) is 18.4 Å². The van der Waals surface area contributed by atoms with Crippen molar-refractivity contribution in [3.8, 4) is 17.0 Å². The average Bonchev–Trinajstić information content (AvgIpc) is 3.35. The first-order valence-electron chi connectivity index (χ1n) is 13.9. The number of hydrogen-bond donors (Lipinski definition) is 2. The molecule has 0 radical (unpaired) electrons. The van der Waals surface area contributed by atoms with Gasteiger partial charge in [0, 0.05) is 36.3 Å². The van der Waals surface area contributed by atoms with E-state index in [1.807, 2.05) is 17.9 Å². The van der Waals surface area contributed by atoms with Crippen LogP contribution in [0, 0.1) is 12.3 Å². The molecule has 224 valence electrons. The van der Waals surface area contributed by atoms with Crippen LogP contribution in [0.1, 0.15) is 43.4 Å². The third kappa shape index (κ3) is 6.57. The lowest BCUT2D eigenvalue weighted by Gasteiger charge is -2.39. The summed E-state index contributed by atoms with van der Waals surface area (Å²) >= 11 is 6.20. The minimum atomic E-state index is -4.77. The number of carbonyl (C=O) groups excluding carboxylic acids is 1. The van der Waals surface area contributed by atoms with Crippen molar-refractivity contribution >= 4 is 29.3 Å². The monoisotopic (exact) mass is 603 g/mol. The van der Waals surface area contributed by atoms with Crippen molar-refractivity contribution in [1.82, 2.24) is 15.3 Å². The van der Waals surface area contributed by atoms with Crippen molar-refractivity contribution in [3.05, 3.63) is 64.7 Å². The number of benzene rings is 2. The van der Waals surface area contributed by atoms with E-state index < -0.39 is 12.3 Å². The molecule has 0 aliphatic carbocycles. The molecule has 0 saturated carbocycles. The Morgan fingerprint density at radius 3 is 2.64 bits per heavy atom. The fourth-order valence-corrected chi connectivity index (χ4v) is 5.99. The number of hydrogen-bond acceptors (Lipinski definition) is 8. The van der Waals surface area contributed by atoms with E-state index in [1.54, 1.807) is 25.1 Å². The van der Waals surface area contributed by atoms with Gasteiger partial charge in [0.15, 0.2) is 0 Å². The van der Waals surface area contributed by atoms with E-state index in [1.165, 1.54) is 24.3 Å². The second-order valence-electron chi connectivity index (χ2n) is 10.9. The molecule has 8 nitrogen and oxygen atoms in total. The number of esters is 1. The summed E-state index contributed by atoms with van der Waals surface area (Å²) in [5.41, 5.74) is 7.58. The fourth-order valence-electron chi connectivity index (χ4n) is 5.82. The number of nitrogens with zero attached hydrogens (tertiary/aromatic N) is 3. The third-order valence-electron chi connectivity index (χ3n) is 7.95. The summed E-state index contributed by atoms with van der Waals surface area (Å²) in [6.07, 6.45) is -4.88. The number of nitrogen functional groups attached to an aromatic ring is 1. The van der Waals surface area contributed by atoms with Crippen LogP contribution >= 0.6 is 11.6 Å². The van der Waals surface area contributed by atoms with Gasteiger partial charge in [-0.3, -0.25) is 4.79 Å². The first-order chi connectivity index (χ1) is 20.0. The van der Waals surface area contributed by atoms with Gasteiger partial charge in [0.25, 0.3) is 0 Å². The number of aromatic nitrogens is 2. The fraction of sp³-hybridized carbons (Fsp3) is 0.433. The molecule has 0 unspecified atom stereocenters. The van der Waals surface area contributed by atoms with Crippen molar-refractivity contribution in [2.24, 2.45) is 5.41 Å². The molecule has 2 saturated heterocycles. The van der Waals surface area contributed by atoms with Crippen molar-refractivity contribution < 1.29 is 27.4 Å². The molecule has 12 heteroatoms. The number of carbonyl (C=O) groups is 1. The van der Waals surface area contributed by atoms with Gasteiger partial charge in [0.2, 0.25) is 17.9 Å². The highest BCUT2D eigenvalue weighted by Gasteiger charge is 2.46. The zero-order chi connectivity index (χ0) is 30.1. The van der Waals surface area contributed by atoms with Gasteiger partial charge in [-0.25, -0.2) is 0 Å². The smallest absolute Gasteiger partial charge is 0.429 e. The molecule has 2 fully saturated rings. The number of alkyl halides is 3. The zero-order valence-electron chi connectivity index (χ0n) is 23.4. The number of anilines is 2. The Morgan fingerprint density at radius 2 is 1.95 bits per heavy atom. The molecule has 0 bridgehead atoms. The first-order valence-corrected chi connectivity index (χ1v) is 14.2. The SMILES string of the molecule is CCOC(=O)[C@@H]1CC2(CCN(c3cc(O[C@H](c4ccc(Cl)cc4-c4cccc(C)c4)C(F)(F)F)nc(N)n3)CC2)CN1. The van der Waals surface area contributed by atoms with Gasteiger partial charge in [-0.15, -0.1) is 0 Å². The van der Waals surface area contributed by atoms with Gasteiger partial charge in [0.1, 0.15) is 11.9 Å². The maximum absolute atomic E-state index is 14.5. The summed E-state index contributed by atoms with van der Waals surface area (Å²) < 4.78 is 54.4. The Kier molecular flexibility index (Phi) is 8.52. The quantitative estimate of drug-likeness (QED) is 0.323. The molecule has 3 N–H and O–H groups in total. The lowest BCUT2D eigenvalue weighted by Crippen LogP contribution is -2.41. The molecule has 2 aromatic carbocycles. The van der Waals surface area contributed by atoms with Gasteiger partial charge < -0.3 is 25.4 Å². The Morgan fingerprint density at radius 1 is 1.19 bits per heavy atom. The Bertz CT molecular complexity index is 1450. The molecule has 3 aromatic rings. The summed E-state index contributed by atoms with van der Waals surface area (Å²) in [6.45, 7) is 5.85. The van der Waals surface area contributed by atoms with Gasteiger partial charge >= 0.3 is 12.1 Å². The van der Waals surface area contributed by atoms with Crippen LogP contribution in [-0.4, -0.2) is 54.4 Å². The lowest BCUT2D eigenvalue weighted by atomic mass is 9.76. The van der Waals surface area contributed by atoms with E-state index in [-0.39, 0.29) is 34.8 Å². The van der Waals surface area contributed by atoms with Crippen LogP contribution in [0.5, 0.6) is 5.88 Å². The molecule has 1 aromatic heterocycles. The largest absolute Gasteiger partial charge is 0.465 e. The Balaban J connectivity index is 1.37. The van der Waals surface area contributed by atoms with E-state index in [2.05, 4.69) is 15.3 Å². The highest BCUT2D eigenvalue weighted by molar-refractivity contribution is 6.30. The summed E-state index contributed by atoms with van der Waals surface area (Å²) in [5, 5.41) is 3.58. The maximum atomic E-state index is 14.5. The highest BCUT2D eigenvalue weighted by atomic mass is 35.5. The molecule has 2 aliphatic rings. The predicted octanol–water partition coefficient (Wildman–Crippen LogP) is 5.88. The highest BCUT2D eigenvalue weighted by Crippen LogP contribution is 2.43. The minimum Gasteiger partial charge on any atom is -0.465 e. The Hall–Kier alpha value is -3.57. The van der Waals surface area contributed by atoms with Crippen molar-refractivity contribution in [2.45, 2.75) is 51.4 Å². The summed E-state index contributed by atoms with van der Waals surface area (Å²) in [7, 11) is 0. The van der Waals surface area contributed by atoms with Gasteiger partial charge in [-0.2, -0.15) is 23.1 Å². The van der Waals surface area contributed by atoms with Crippen LogP contribution in [0.2, 0.25) is 5.02 Å². The van der Waals surface area contributed by atoms with Crippen molar-refractivity contribution in [2.75, 3.05) is 36.9 Å². The average molecular weight is 604 g/mol. The second kappa shape index (κ2) is 12.0. The maximum Gasteiger partial charge on any atom is 0.429 e. The topological polar surface area (TPSA) is 103 Å². The summed E-state index contributed by atoms with van der Waals surface area (Å²) in [4.78, 5) is 22.4. The molecule has 0 amide bonds. The van der Waals surface area contributed by atoms with Crippen LogP contribution in [0.3, 0.4) is 0 Å². The lowest BCUT2D eigenvalue weighted by molar-refractivity contribution is -0.198. The van der Waals surface area contributed by atoms with Gasteiger partial charge in [0.05, 0.1) is 6.61 Å². The van der Waals surface area contributed by atoms with Crippen LogP contribution in [-0.2, 0) is 9.53 Å². The molecular formula is C30H33ClF3N5O3. The molecule has 2 aliphatic heterocycles. The van der Waals surface area contributed by atoms with E-state index in [9.17, 15) is 18.0 Å². The number of halogens is 4. The molecule has 2 atom stereocenters. The zero-order valence-corrected chi connectivity index (χ0v) is 24.1. The number of piperidine rings is 1. The molecular weight excluding hydrogens is 571 g/mol. The van der Waals surface area contributed by atoms with E-state index in [4.69, 9.17) is 26.8 Å². The summed E-state index contributed by atoms with van der Waals surface area (Å²) in [5.74, 6) is -0.331. The normalized spacial score (nSPS) is 19.1. The van der Waals surface area contributed by atoms with Gasteiger partial charge in [-0.1, -0.05) is 47.5 Å². The van der Waals surface area contributed by atoms with Crippen molar-refractivity contribution in [3.63, 3.8) is 0 Å². The second-order valence-corrected chi connectivity index (χ2v) is 11.4. The Labute approximate surface area is 247 Å². The summed E-state index contributed by atoms with van der Waals surface area (Å²) in [6, 6.07) is 12.5. The third-order valence-corrected chi connectivity index (χ3v) is 8.18. The number of ether oxygens (including phenoxy) is 2. The number of nitrogens with one attached hydrogen (secondary N) is 1. The van der Waals surface area contributed by atoms with Crippen LogP contribution in [0.15, 0.2) is 48.5 Å².